The lowest BCUT2D eigenvalue weighted by molar-refractivity contribution is -0.143. The van der Waals surface area contributed by atoms with E-state index in [2.05, 4.69) is 27.9 Å². The van der Waals surface area contributed by atoms with Crippen molar-refractivity contribution < 1.29 is 34.1 Å². The van der Waals surface area contributed by atoms with Crippen molar-refractivity contribution in [2.45, 2.75) is 101 Å². The quantitative estimate of drug-likeness (QED) is 0.182. The number of halogens is 1. The molecule has 3 aliphatic rings. The van der Waals surface area contributed by atoms with E-state index in [1.165, 1.54) is 7.11 Å². The van der Waals surface area contributed by atoms with Crippen LogP contribution in [0.3, 0.4) is 0 Å². The highest BCUT2D eigenvalue weighted by atomic mass is 127. The predicted molar refractivity (Wildman–Crippen MR) is 163 cm³/mol. The molecule has 3 aliphatic carbocycles. The molecule has 41 heavy (non-hydrogen) atoms. The second-order valence-corrected chi connectivity index (χ2v) is 12.6. The SMILES string of the molecule is COc1cc(C=O)cc(I)c1OC1C=C(C(=O)NCCO)CC(N(C(=O)CC2CCCC2)C2CCCCCC2)C1O. The monoisotopic (exact) mass is 682 g/mol. The summed E-state index contributed by atoms with van der Waals surface area (Å²) in [6, 6.07) is 2.58. The summed E-state index contributed by atoms with van der Waals surface area (Å²) in [6.45, 7) is -0.0989. The highest BCUT2D eigenvalue weighted by molar-refractivity contribution is 14.1. The zero-order valence-electron chi connectivity index (χ0n) is 23.9. The van der Waals surface area contributed by atoms with Crippen molar-refractivity contribution >= 4 is 40.7 Å². The Kier molecular flexibility index (Phi) is 11.9. The number of hydrogen-bond acceptors (Lipinski definition) is 7. The summed E-state index contributed by atoms with van der Waals surface area (Å²) in [4.78, 5) is 40.6. The molecule has 3 N–H and O–H groups in total. The molecule has 1 aromatic carbocycles. The van der Waals surface area contributed by atoms with Gasteiger partial charge in [0.15, 0.2) is 11.5 Å². The highest BCUT2D eigenvalue weighted by Gasteiger charge is 2.43. The maximum atomic E-state index is 14.1. The summed E-state index contributed by atoms with van der Waals surface area (Å²) in [6.07, 6.45) is 11.4. The molecule has 9 nitrogen and oxygen atoms in total. The number of nitrogens with zero attached hydrogens (tertiary/aromatic N) is 1. The van der Waals surface area contributed by atoms with E-state index >= 15 is 0 Å². The number of benzene rings is 1. The number of nitrogens with one attached hydrogen (secondary N) is 1. The van der Waals surface area contributed by atoms with Crippen LogP contribution in [0.25, 0.3) is 0 Å². The highest BCUT2D eigenvalue weighted by Crippen LogP contribution is 2.38. The van der Waals surface area contributed by atoms with Crippen LogP contribution in [0, 0.1) is 9.49 Å². The van der Waals surface area contributed by atoms with Crippen LogP contribution in [0.4, 0.5) is 0 Å². The third-order valence-corrected chi connectivity index (χ3v) is 9.46. The van der Waals surface area contributed by atoms with E-state index in [1.807, 2.05) is 4.90 Å². The van der Waals surface area contributed by atoms with E-state index in [9.17, 15) is 24.6 Å². The van der Waals surface area contributed by atoms with Gasteiger partial charge in [0.1, 0.15) is 18.5 Å². The summed E-state index contributed by atoms with van der Waals surface area (Å²) >= 11 is 2.06. The van der Waals surface area contributed by atoms with Crippen LogP contribution in [-0.2, 0) is 9.59 Å². The van der Waals surface area contributed by atoms with Crippen molar-refractivity contribution in [3.05, 3.63) is 32.9 Å². The van der Waals surface area contributed by atoms with Crippen LogP contribution >= 0.6 is 22.6 Å². The third kappa shape index (κ3) is 8.01. The maximum absolute atomic E-state index is 14.1. The number of aliphatic hydroxyl groups excluding tert-OH is 2. The topological polar surface area (TPSA) is 125 Å². The van der Waals surface area contributed by atoms with Crippen LogP contribution in [0.15, 0.2) is 23.8 Å². The normalized spacial score (nSPS) is 23.8. The molecule has 0 radical (unpaired) electrons. The Labute approximate surface area is 256 Å². The first-order chi connectivity index (χ1) is 19.9. The van der Waals surface area contributed by atoms with Gasteiger partial charge in [-0.3, -0.25) is 14.4 Å². The minimum atomic E-state index is -1.09. The molecule has 10 heteroatoms. The van der Waals surface area contributed by atoms with Gasteiger partial charge >= 0.3 is 0 Å². The minimum Gasteiger partial charge on any atom is -0.493 e. The fourth-order valence-corrected chi connectivity index (χ4v) is 7.32. The summed E-state index contributed by atoms with van der Waals surface area (Å²) in [5, 5.41) is 23.9. The van der Waals surface area contributed by atoms with Crippen LogP contribution in [0.5, 0.6) is 11.5 Å². The lowest BCUT2D eigenvalue weighted by atomic mass is 9.86. The van der Waals surface area contributed by atoms with E-state index < -0.39 is 18.2 Å². The zero-order valence-corrected chi connectivity index (χ0v) is 26.0. The molecule has 2 fully saturated rings. The Morgan fingerprint density at radius 3 is 2.41 bits per heavy atom. The molecule has 2 amide bonds. The number of methoxy groups -OCH3 is 1. The average molecular weight is 683 g/mol. The molecule has 0 heterocycles. The van der Waals surface area contributed by atoms with Gasteiger partial charge in [0.05, 0.1) is 23.3 Å². The van der Waals surface area contributed by atoms with Gasteiger partial charge in [-0.1, -0.05) is 38.5 Å². The molecule has 0 aromatic heterocycles. The number of aldehydes is 1. The standard InChI is InChI=1S/C31H43IN2O7/c1-40-27-15-21(19-36)14-24(32)30(27)41-26-18-22(31(39)33-12-13-35)17-25(29(26)38)34(23-10-4-2-3-5-11-23)28(37)16-20-8-6-7-9-20/h14-15,18-20,23,25-26,29,35,38H,2-13,16-17H2,1H3,(H,33,39). The fourth-order valence-electron chi connectivity index (χ4n) is 6.57. The number of carbonyl (C=O) groups excluding carboxylic acids is 3. The van der Waals surface area contributed by atoms with E-state index in [0.717, 1.165) is 70.5 Å². The first-order valence-corrected chi connectivity index (χ1v) is 16.0. The van der Waals surface area contributed by atoms with Crippen molar-refractivity contribution in [1.82, 2.24) is 10.2 Å². The van der Waals surface area contributed by atoms with Gasteiger partial charge in [0.25, 0.3) is 0 Å². The Morgan fingerprint density at radius 1 is 1.10 bits per heavy atom. The predicted octanol–water partition coefficient (Wildman–Crippen LogP) is 4.16. The van der Waals surface area contributed by atoms with Gasteiger partial charge in [-0.15, -0.1) is 0 Å². The van der Waals surface area contributed by atoms with Gasteiger partial charge in [-0.05, 0) is 72.4 Å². The van der Waals surface area contributed by atoms with Crippen LogP contribution < -0.4 is 14.8 Å². The molecule has 4 rings (SSSR count). The Hall–Kier alpha value is -2.18. The lowest BCUT2D eigenvalue weighted by Crippen LogP contribution is -2.58. The van der Waals surface area contributed by atoms with Gasteiger partial charge in [0, 0.05) is 36.6 Å². The van der Waals surface area contributed by atoms with Gasteiger partial charge < -0.3 is 29.9 Å². The molecule has 0 bridgehead atoms. The van der Waals surface area contributed by atoms with Crippen LogP contribution in [0.1, 0.15) is 87.4 Å². The summed E-state index contributed by atoms with van der Waals surface area (Å²) < 4.78 is 12.5. The summed E-state index contributed by atoms with van der Waals surface area (Å²) in [5.41, 5.74) is 0.835. The van der Waals surface area contributed by atoms with E-state index in [-0.39, 0.29) is 37.4 Å². The Balaban J connectivity index is 1.70. The molecular weight excluding hydrogens is 639 g/mol. The fraction of sp³-hybridized carbons (Fsp3) is 0.645. The minimum absolute atomic E-state index is 0.00639. The van der Waals surface area contributed by atoms with Crippen molar-refractivity contribution in [3.63, 3.8) is 0 Å². The van der Waals surface area contributed by atoms with Gasteiger partial charge in [-0.25, -0.2) is 0 Å². The molecule has 0 saturated heterocycles. The molecule has 2 saturated carbocycles. The molecule has 0 spiro atoms. The number of aliphatic hydroxyl groups is 2. The third-order valence-electron chi connectivity index (χ3n) is 8.66. The number of amides is 2. The van der Waals surface area contributed by atoms with E-state index in [4.69, 9.17) is 9.47 Å². The van der Waals surface area contributed by atoms with Gasteiger partial charge in [-0.2, -0.15) is 0 Å². The second-order valence-electron chi connectivity index (χ2n) is 11.5. The molecule has 3 unspecified atom stereocenters. The van der Waals surface area contributed by atoms with Crippen LogP contribution in [-0.4, -0.2) is 77.8 Å². The van der Waals surface area contributed by atoms with Gasteiger partial charge in [0.2, 0.25) is 11.8 Å². The van der Waals surface area contributed by atoms with Crippen molar-refractivity contribution in [1.29, 1.82) is 0 Å². The lowest BCUT2D eigenvalue weighted by Gasteiger charge is -2.44. The largest absolute Gasteiger partial charge is 0.493 e. The maximum Gasteiger partial charge on any atom is 0.247 e. The Morgan fingerprint density at radius 2 is 1.78 bits per heavy atom. The second kappa shape index (κ2) is 15.3. The van der Waals surface area contributed by atoms with Crippen LogP contribution in [0.2, 0.25) is 0 Å². The number of ether oxygens (including phenoxy) is 2. The summed E-state index contributed by atoms with van der Waals surface area (Å²) in [7, 11) is 1.48. The summed E-state index contributed by atoms with van der Waals surface area (Å²) in [5.74, 6) is 0.741. The van der Waals surface area contributed by atoms with Crippen molar-refractivity contribution in [2.24, 2.45) is 5.92 Å². The molecule has 0 aliphatic heterocycles. The zero-order chi connectivity index (χ0) is 29.4. The molecule has 1 aromatic rings. The number of rotatable bonds is 11. The van der Waals surface area contributed by atoms with E-state index in [0.29, 0.717) is 38.5 Å². The number of hydrogen-bond donors (Lipinski definition) is 3. The van der Waals surface area contributed by atoms with Crippen molar-refractivity contribution in [2.75, 3.05) is 20.3 Å². The Bertz CT molecular complexity index is 1100. The smallest absolute Gasteiger partial charge is 0.247 e. The first kappa shape index (κ1) is 31.7. The van der Waals surface area contributed by atoms with E-state index in [1.54, 1.807) is 18.2 Å². The molecule has 3 atom stereocenters. The molecular formula is C31H43IN2O7. The number of carbonyl (C=O) groups is 3. The average Bonchev–Trinajstić information content (AvgIpc) is 3.34. The molecule has 226 valence electrons. The van der Waals surface area contributed by atoms with Crippen molar-refractivity contribution in [3.8, 4) is 11.5 Å². The first-order valence-electron chi connectivity index (χ1n) is 14.9.